The molecule has 25 heavy (non-hydrogen) atoms. The van der Waals surface area contributed by atoms with Crippen LogP contribution in [0.4, 0.5) is 4.39 Å². The van der Waals surface area contributed by atoms with Crippen molar-refractivity contribution in [2.24, 2.45) is 0 Å². The highest BCUT2D eigenvalue weighted by atomic mass is 19.1. The summed E-state index contributed by atoms with van der Waals surface area (Å²) in [5.41, 5.74) is 1.72. The smallest absolute Gasteiger partial charge is 0.237 e. The maximum atomic E-state index is 14.1. The van der Waals surface area contributed by atoms with Gasteiger partial charge in [-0.15, -0.1) is 0 Å². The minimum atomic E-state index is -0.338. The maximum Gasteiger partial charge on any atom is 0.237 e. The van der Waals surface area contributed by atoms with Crippen LogP contribution in [0, 0.1) is 5.82 Å². The van der Waals surface area contributed by atoms with Crippen LogP contribution >= 0.6 is 0 Å². The molecule has 4 rings (SSSR count). The van der Waals surface area contributed by atoms with Gasteiger partial charge in [-0.1, -0.05) is 17.3 Å². The molecule has 1 saturated heterocycles. The zero-order valence-electron chi connectivity index (χ0n) is 13.9. The predicted octanol–water partition coefficient (Wildman–Crippen LogP) is 1.70. The third kappa shape index (κ3) is 3.29. The summed E-state index contributed by atoms with van der Waals surface area (Å²) in [4.78, 5) is 16.5. The van der Waals surface area contributed by atoms with E-state index in [2.05, 4.69) is 10.1 Å². The van der Waals surface area contributed by atoms with Gasteiger partial charge in [0, 0.05) is 37.2 Å². The first-order chi connectivity index (χ1) is 12.2. The number of carbonyl (C=O) groups is 1. The average Bonchev–Trinajstić information content (AvgIpc) is 3.06. The Morgan fingerprint density at radius 1 is 1.20 bits per heavy atom. The quantitative estimate of drug-likeness (QED) is 0.847. The van der Waals surface area contributed by atoms with E-state index in [0.717, 1.165) is 24.4 Å². The summed E-state index contributed by atoms with van der Waals surface area (Å²) < 4.78 is 24.8. The Morgan fingerprint density at radius 2 is 2.00 bits per heavy atom. The lowest BCUT2D eigenvalue weighted by molar-refractivity contribution is -0.134. The molecule has 1 amide bonds. The van der Waals surface area contributed by atoms with Crippen molar-refractivity contribution in [2.45, 2.75) is 13.0 Å². The van der Waals surface area contributed by atoms with E-state index in [-0.39, 0.29) is 11.7 Å². The van der Waals surface area contributed by atoms with E-state index in [1.807, 2.05) is 0 Å². The van der Waals surface area contributed by atoms with Gasteiger partial charge in [0.15, 0.2) is 0 Å². The fraction of sp³-hybridized carbons (Fsp3) is 0.444. The molecule has 132 valence electrons. The van der Waals surface area contributed by atoms with Crippen molar-refractivity contribution >= 4 is 5.91 Å². The van der Waals surface area contributed by atoms with Gasteiger partial charge < -0.3 is 14.2 Å². The van der Waals surface area contributed by atoms with Gasteiger partial charge in [0.25, 0.3) is 0 Å². The second kappa shape index (κ2) is 6.93. The number of morpholine rings is 1. The van der Waals surface area contributed by atoms with E-state index >= 15 is 0 Å². The third-order valence-corrected chi connectivity index (χ3v) is 4.77. The molecule has 7 heteroatoms. The molecular weight excluding hydrogens is 325 g/mol. The van der Waals surface area contributed by atoms with Crippen LogP contribution in [0.1, 0.15) is 11.3 Å². The molecule has 0 N–H and O–H groups in total. The zero-order chi connectivity index (χ0) is 17.2. The molecule has 0 radical (unpaired) electrons. The summed E-state index contributed by atoms with van der Waals surface area (Å²) in [6.45, 7) is 4.28. The Bertz CT molecular complexity index is 771. The summed E-state index contributed by atoms with van der Waals surface area (Å²) in [5.74, 6) is 0.484. The van der Waals surface area contributed by atoms with Gasteiger partial charge >= 0.3 is 0 Å². The van der Waals surface area contributed by atoms with E-state index in [0.29, 0.717) is 50.5 Å². The molecule has 2 aliphatic heterocycles. The van der Waals surface area contributed by atoms with Gasteiger partial charge in [0.05, 0.1) is 26.3 Å². The number of benzene rings is 1. The van der Waals surface area contributed by atoms with Crippen LogP contribution in [0.3, 0.4) is 0 Å². The van der Waals surface area contributed by atoms with Crippen molar-refractivity contribution in [3.8, 4) is 11.3 Å². The summed E-state index contributed by atoms with van der Waals surface area (Å²) >= 11 is 0. The van der Waals surface area contributed by atoms with Crippen LogP contribution in [0.25, 0.3) is 11.3 Å². The minimum Gasteiger partial charge on any atom is -0.379 e. The van der Waals surface area contributed by atoms with Crippen LogP contribution in [-0.4, -0.2) is 60.3 Å². The predicted molar refractivity (Wildman–Crippen MR) is 88.3 cm³/mol. The van der Waals surface area contributed by atoms with E-state index < -0.39 is 0 Å². The molecule has 1 fully saturated rings. The molecule has 2 aromatic rings. The van der Waals surface area contributed by atoms with Crippen molar-refractivity contribution < 1.29 is 18.4 Å². The summed E-state index contributed by atoms with van der Waals surface area (Å²) in [7, 11) is 0. The van der Waals surface area contributed by atoms with Gasteiger partial charge in [0.2, 0.25) is 5.91 Å². The monoisotopic (exact) mass is 345 g/mol. The van der Waals surface area contributed by atoms with Gasteiger partial charge in [-0.05, 0) is 12.1 Å². The lowest BCUT2D eigenvalue weighted by atomic mass is 10.0. The number of ether oxygens (including phenoxy) is 1. The first-order valence-corrected chi connectivity index (χ1v) is 8.52. The fourth-order valence-corrected chi connectivity index (χ4v) is 3.34. The van der Waals surface area contributed by atoms with Gasteiger partial charge in [0.1, 0.15) is 17.3 Å². The van der Waals surface area contributed by atoms with Crippen molar-refractivity contribution in [2.75, 3.05) is 39.4 Å². The number of carbonyl (C=O) groups excluding carboxylic acids is 1. The van der Waals surface area contributed by atoms with Crippen LogP contribution in [0.2, 0.25) is 0 Å². The number of nitrogens with zero attached hydrogens (tertiary/aromatic N) is 3. The highest BCUT2D eigenvalue weighted by Gasteiger charge is 2.29. The van der Waals surface area contributed by atoms with E-state index in [1.165, 1.54) is 6.07 Å². The Balaban J connectivity index is 1.51. The average molecular weight is 345 g/mol. The second-order valence-corrected chi connectivity index (χ2v) is 6.37. The summed E-state index contributed by atoms with van der Waals surface area (Å²) in [5, 5.41) is 4.06. The SMILES string of the molecule is O=C(CN1CCOCC1)N1CCc2onc(-c3ccccc3F)c2C1. The summed E-state index contributed by atoms with van der Waals surface area (Å²) in [6.07, 6.45) is 0.603. The molecule has 0 spiro atoms. The Morgan fingerprint density at radius 3 is 2.80 bits per heavy atom. The van der Waals surface area contributed by atoms with Crippen LogP contribution in [0.5, 0.6) is 0 Å². The first-order valence-electron chi connectivity index (χ1n) is 8.52. The van der Waals surface area contributed by atoms with Crippen molar-refractivity contribution in [1.29, 1.82) is 0 Å². The zero-order valence-corrected chi connectivity index (χ0v) is 13.9. The largest absolute Gasteiger partial charge is 0.379 e. The van der Waals surface area contributed by atoms with E-state index in [4.69, 9.17) is 9.26 Å². The normalized spacial score (nSPS) is 18.2. The number of hydrogen-bond acceptors (Lipinski definition) is 5. The highest BCUT2D eigenvalue weighted by Crippen LogP contribution is 2.31. The third-order valence-electron chi connectivity index (χ3n) is 4.77. The number of rotatable bonds is 3. The number of fused-ring (bicyclic) bond motifs is 1. The van der Waals surface area contributed by atoms with Gasteiger partial charge in [-0.2, -0.15) is 0 Å². The molecule has 3 heterocycles. The van der Waals surface area contributed by atoms with Gasteiger partial charge in [-0.25, -0.2) is 4.39 Å². The summed E-state index contributed by atoms with van der Waals surface area (Å²) in [6, 6.07) is 6.50. The molecule has 6 nitrogen and oxygen atoms in total. The second-order valence-electron chi connectivity index (χ2n) is 6.37. The highest BCUT2D eigenvalue weighted by molar-refractivity contribution is 5.79. The number of amides is 1. The van der Waals surface area contributed by atoms with Crippen LogP contribution in [-0.2, 0) is 22.5 Å². The lowest BCUT2D eigenvalue weighted by Gasteiger charge is -2.31. The maximum absolute atomic E-state index is 14.1. The lowest BCUT2D eigenvalue weighted by Crippen LogP contribution is -2.46. The van der Waals surface area contributed by atoms with Crippen molar-refractivity contribution in [1.82, 2.24) is 15.0 Å². The first kappa shape index (κ1) is 16.2. The fourth-order valence-electron chi connectivity index (χ4n) is 3.34. The molecule has 0 unspecified atom stereocenters. The molecule has 0 atom stereocenters. The molecule has 1 aromatic carbocycles. The topological polar surface area (TPSA) is 58.8 Å². The molecule has 1 aromatic heterocycles. The molecule has 0 aliphatic carbocycles. The standard InChI is InChI=1S/C18H20FN3O3/c19-15-4-2-1-3-13(15)18-14-11-22(6-5-16(14)25-20-18)17(23)12-21-7-9-24-10-8-21/h1-4H,5-12H2. The van der Waals surface area contributed by atoms with Crippen molar-refractivity contribution in [3.05, 3.63) is 41.4 Å². The number of aromatic nitrogens is 1. The molecular formula is C18H20FN3O3. The Hall–Kier alpha value is -2.25. The van der Waals surface area contributed by atoms with E-state index in [1.54, 1.807) is 23.1 Å². The van der Waals surface area contributed by atoms with Crippen LogP contribution < -0.4 is 0 Å². The van der Waals surface area contributed by atoms with Crippen LogP contribution in [0.15, 0.2) is 28.8 Å². The Labute approximate surface area is 145 Å². The Kier molecular flexibility index (Phi) is 4.50. The number of halogens is 1. The van der Waals surface area contributed by atoms with E-state index in [9.17, 15) is 9.18 Å². The molecule has 0 bridgehead atoms. The molecule has 0 saturated carbocycles. The molecule has 2 aliphatic rings. The minimum absolute atomic E-state index is 0.0771. The van der Waals surface area contributed by atoms with Gasteiger partial charge in [-0.3, -0.25) is 9.69 Å². The van der Waals surface area contributed by atoms with Crippen molar-refractivity contribution in [3.63, 3.8) is 0 Å². The number of hydrogen-bond donors (Lipinski definition) is 0.